The summed E-state index contributed by atoms with van der Waals surface area (Å²) in [5.41, 5.74) is 0.0365. The number of alkyl halides is 3. The van der Waals surface area contributed by atoms with Crippen LogP contribution in [0.3, 0.4) is 0 Å². The average Bonchev–Trinajstić information content (AvgIpc) is 3.49. The van der Waals surface area contributed by atoms with Gasteiger partial charge in [0.1, 0.15) is 23.7 Å². The molecule has 3 fully saturated rings. The lowest BCUT2D eigenvalue weighted by Crippen LogP contribution is -2.41. The minimum atomic E-state index is -5.01. The molecule has 3 aromatic rings. The fraction of sp³-hybridized carbons (Fsp3) is 0.561. The Kier molecular flexibility index (Phi) is 11.4. The molecule has 300 valence electrons. The molecule has 12 nitrogen and oxygen atoms in total. The van der Waals surface area contributed by atoms with Crippen LogP contribution >= 0.6 is 0 Å². The van der Waals surface area contributed by atoms with E-state index >= 15 is 0 Å². The summed E-state index contributed by atoms with van der Waals surface area (Å²) in [6.45, 7) is 6.05. The summed E-state index contributed by atoms with van der Waals surface area (Å²) in [7, 11) is 1.55. The maximum Gasteiger partial charge on any atom is 0.434 e. The summed E-state index contributed by atoms with van der Waals surface area (Å²) in [6, 6.07) is 4.25. The average molecular weight is 778 g/mol. The number of methoxy groups -OCH3 is 1. The monoisotopic (exact) mass is 777 g/mol. The Hall–Kier alpha value is -4.95. The number of amides is 1. The van der Waals surface area contributed by atoms with Gasteiger partial charge in [-0.3, -0.25) is 4.79 Å². The van der Waals surface area contributed by atoms with Crippen LogP contribution in [0.4, 0.5) is 30.6 Å². The SMILES string of the molecule is CCC1CC(=CC(NC(=O)c2cnc(N3CC4(CCCCC4)c4cc(OC5CCN(c6cnc(OC)cn6)CC5)ccc43)nc2C(F)(F)F)C(=O)O)CC(C)C1. The molecule has 3 unspecified atom stereocenters. The number of allylic oxidation sites excluding steroid dienone is 1. The van der Waals surface area contributed by atoms with Crippen LogP contribution in [0, 0.1) is 11.8 Å². The molecule has 2 saturated carbocycles. The molecule has 2 aromatic heterocycles. The molecule has 7 rings (SSSR count). The molecule has 0 bridgehead atoms. The van der Waals surface area contributed by atoms with Crippen LogP contribution in [0.2, 0.25) is 0 Å². The number of carbonyl (C=O) groups is 2. The van der Waals surface area contributed by atoms with E-state index in [0.717, 1.165) is 94.0 Å². The highest BCUT2D eigenvalue weighted by Gasteiger charge is 2.46. The summed E-state index contributed by atoms with van der Waals surface area (Å²) in [5.74, 6) is -0.0405. The zero-order valence-corrected chi connectivity index (χ0v) is 32.1. The van der Waals surface area contributed by atoms with E-state index in [4.69, 9.17) is 9.47 Å². The topological polar surface area (TPSA) is 143 Å². The van der Waals surface area contributed by atoms with E-state index in [1.54, 1.807) is 24.4 Å². The number of fused-ring (bicyclic) bond motifs is 2. The first-order valence-corrected chi connectivity index (χ1v) is 19.7. The number of nitrogens with zero attached hydrogens (tertiary/aromatic N) is 6. The van der Waals surface area contributed by atoms with Crippen LogP contribution in [0.1, 0.15) is 106 Å². The molecule has 1 saturated heterocycles. The third-order valence-corrected chi connectivity index (χ3v) is 12.0. The van der Waals surface area contributed by atoms with Gasteiger partial charge in [0.25, 0.3) is 5.91 Å². The number of ether oxygens (including phenoxy) is 2. The molecule has 2 N–H and O–H groups in total. The first kappa shape index (κ1) is 39.3. The third-order valence-electron chi connectivity index (χ3n) is 12.0. The fourth-order valence-electron chi connectivity index (χ4n) is 9.13. The van der Waals surface area contributed by atoms with E-state index in [-0.39, 0.29) is 17.5 Å². The Morgan fingerprint density at radius 1 is 1.07 bits per heavy atom. The van der Waals surface area contributed by atoms with Crippen molar-refractivity contribution in [1.82, 2.24) is 25.3 Å². The smallest absolute Gasteiger partial charge is 0.434 e. The predicted molar refractivity (Wildman–Crippen MR) is 203 cm³/mol. The van der Waals surface area contributed by atoms with E-state index in [0.29, 0.717) is 48.5 Å². The maximum absolute atomic E-state index is 14.7. The highest BCUT2D eigenvalue weighted by Crippen LogP contribution is 2.52. The minimum absolute atomic E-state index is 0.0249. The summed E-state index contributed by atoms with van der Waals surface area (Å²) >= 11 is 0. The number of hydrogen-bond donors (Lipinski definition) is 2. The Morgan fingerprint density at radius 3 is 2.50 bits per heavy atom. The van der Waals surface area contributed by atoms with Crippen LogP contribution in [-0.4, -0.2) is 75.8 Å². The lowest BCUT2D eigenvalue weighted by Gasteiger charge is -2.35. The molecular weight excluding hydrogens is 727 g/mol. The molecular formula is C41H50F3N7O5. The lowest BCUT2D eigenvalue weighted by molar-refractivity contribution is -0.141. The molecule has 56 heavy (non-hydrogen) atoms. The number of carboxylic acid groups (broad SMARTS) is 1. The number of aromatic nitrogens is 4. The Bertz CT molecular complexity index is 1930. The number of carbonyl (C=O) groups excluding carboxylic acids is 1. The molecule has 0 radical (unpaired) electrons. The van der Waals surface area contributed by atoms with Gasteiger partial charge >= 0.3 is 12.1 Å². The van der Waals surface area contributed by atoms with Gasteiger partial charge in [-0.15, -0.1) is 0 Å². The summed E-state index contributed by atoms with van der Waals surface area (Å²) in [4.78, 5) is 46.6. The number of piperidine rings is 1. The van der Waals surface area contributed by atoms with Crippen molar-refractivity contribution in [2.24, 2.45) is 11.8 Å². The standard InChI is InChI=1S/C41H50F3N7O5/c1-4-26-16-25(2)17-27(18-26)19-32(38(53)54)48-37(52)30-21-47-39(49-36(30)41(42,43)44)51-24-40(12-6-5-7-13-40)31-20-29(8-9-33(31)51)56-28-10-14-50(15-11-28)34-22-46-35(55-3)23-45-34/h8-9,19-23,25-26,28,32H,4-7,10-18,24H2,1-3H3,(H,48,52)(H,53,54). The molecule has 1 spiro atoms. The highest BCUT2D eigenvalue weighted by molar-refractivity contribution is 5.98. The minimum Gasteiger partial charge on any atom is -0.490 e. The number of halogens is 3. The van der Waals surface area contributed by atoms with E-state index in [9.17, 15) is 27.9 Å². The molecule has 15 heteroatoms. The quantitative estimate of drug-likeness (QED) is 0.196. The van der Waals surface area contributed by atoms with E-state index < -0.39 is 35.4 Å². The van der Waals surface area contributed by atoms with Gasteiger partial charge in [0, 0.05) is 49.8 Å². The molecule has 1 amide bonds. The number of anilines is 3. The third kappa shape index (κ3) is 8.41. The molecule has 2 aliphatic carbocycles. The van der Waals surface area contributed by atoms with Crippen molar-refractivity contribution in [3.05, 3.63) is 65.3 Å². The molecule has 4 heterocycles. The van der Waals surface area contributed by atoms with Crippen LogP contribution in [-0.2, 0) is 16.4 Å². The van der Waals surface area contributed by atoms with Crippen LogP contribution in [0.5, 0.6) is 11.6 Å². The van der Waals surface area contributed by atoms with Crippen molar-refractivity contribution in [1.29, 1.82) is 0 Å². The van der Waals surface area contributed by atoms with Gasteiger partial charge in [-0.2, -0.15) is 13.2 Å². The second-order valence-electron chi connectivity index (χ2n) is 15.9. The summed E-state index contributed by atoms with van der Waals surface area (Å²) in [5, 5.41) is 12.3. The zero-order valence-electron chi connectivity index (χ0n) is 32.1. The maximum atomic E-state index is 14.7. The zero-order chi connectivity index (χ0) is 39.6. The second-order valence-corrected chi connectivity index (χ2v) is 15.9. The Morgan fingerprint density at radius 2 is 1.84 bits per heavy atom. The number of nitrogens with one attached hydrogen (secondary N) is 1. The van der Waals surface area contributed by atoms with E-state index in [1.807, 2.05) is 18.2 Å². The number of hydrogen-bond acceptors (Lipinski definition) is 10. The number of benzene rings is 1. The van der Waals surface area contributed by atoms with Gasteiger partial charge in [0.05, 0.1) is 25.1 Å². The fourth-order valence-corrected chi connectivity index (χ4v) is 9.13. The normalized spacial score (nSPS) is 22.5. The summed E-state index contributed by atoms with van der Waals surface area (Å²) in [6.07, 6.45) is 10.3. The van der Waals surface area contributed by atoms with Crippen molar-refractivity contribution in [3.8, 4) is 11.6 Å². The van der Waals surface area contributed by atoms with Gasteiger partial charge in [0.2, 0.25) is 11.8 Å². The van der Waals surface area contributed by atoms with Gasteiger partial charge in [0.15, 0.2) is 5.69 Å². The first-order chi connectivity index (χ1) is 26.9. The Balaban J connectivity index is 1.11. The number of rotatable bonds is 10. The number of carboxylic acids is 1. The second kappa shape index (κ2) is 16.3. The van der Waals surface area contributed by atoms with Gasteiger partial charge in [-0.05, 0) is 67.7 Å². The van der Waals surface area contributed by atoms with E-state index in [2.05, 4.69) is 44.0 Å². The van der Waals surface area contributed by atoms with Gasteiger partial charge in [-0.25, -0.2) is 24.7 Å². The van der Waals surface area contributed by atoms with Crippen LogP contribution in [0.15, 0.2) is 48.4 Å². The van der Waals surface area contributed by atoms with Crippen molar-refractivity contribution in [2.45, 2.75) is 108 Å². The summed E-state index contributed by atoms with van der Waals surface area (Å²) < 4.78 is 55.7. The van der Waals surface area contributed by atoms with Gasteiger partial charge < -0.3 is 29.7 Å². The van der Waals surface area contributed by atoms with Crippen molar-refractivity contribution >= 4 is 29.3 Å². The lowest BCUT2D eigenvalue weighted by atomic mass is 9.71. The van der Waals surface area contributed by atoms with Crippen LogP contribution in [0.25, 0.3) is 0 Å². The van der Waals surface area contributed by atoms with Gasteiger partial charge in [-0.1, -0.05) is 51.2 Å². The molecule has 4 aliphatic rings. The van der Waals surface area contributed by atoms with Crippen LogP contribution < -0.4 is 24.6 Å². The Labute approximate surface area is 324 Å². The van der Waals surface area contributed by atoms with Crippen molar-refractivity contribution < 1.29 is 37.3 Å². The first-order valence-electron chi connectivity index (χ1n) is 19.7. The van der Waals surface area contributed by atoms with Crippen molar-refractivity contribution in [3.63, 3.8) is 0 Å². The highest BCUT2D eigenvalue weighted by atomic mass is 19.4. The largest absolute Gasteiger partial charge is 0.490 e. The molecule has 1 aromatic carbocycles. The van der Waals surface area contributed by atoms with Crippen molar-refractivity contribution in [2.75, 3.05) is 36.5 Å². The molecule has 2 aliphatic heterocycles. The predicted octanol–water partition coefficient (Wildman–Crippen LogP) is 7.65. The van der Waals surface area contributed by atoms with E-state index in [1.165, 1.54) is 6.08 Å². The number of aliphatic carboxylic acids is 1. The molecule has 3 atom stereocenters.